The predicted molar refractivity (Wildman–Crippen MR) is 140 cm³/mol. The quantitative estimate of drug-likeness (QED) is 0.366. The van der Waals surface area contributed by atoms with E-state index in [-0.39, 0.29) is 24.9 Å². The Morgan fingerprint density at radius 3 is 2.60 bits per heavy atom. The van der Waals surface area contributed by atoms with Crippen molar-refractivity contribution in [1.29, 1.82) is 0 Å². The van der Waals surface area contributed by atoms with Crippen molar-refractivity contribution in [3.63, 3.8) is 0 Å². The fourth-order valence-electron chi connectivity index (χ4n) is 5.42. The predicted octanol–water partition coefficient (Wildman–Crippen LogP) is 6.14. The number of benzene rings is 1. The number of amides is 1. The van der Waals surface area contributed by atoms with Gasteiger partial charge in [-0.1, -0.05) is 32.3 Å². The first kappa shape index (κ1) is 25.7. The lowest BCUT2D eigenvalue weighted by Crippen LogP contribution is -2.26. The van der Waals surface area contributed by atoms with E-state index in [1.807, 2.05) is 29.5 Å². The van der Waals surface area contributed by atoms with E-state index in [1.54, 1.807) is 6.07 Å². The zero-order chi connectivity index (χ0) is 24.6. The number of carboxylic acids is 1. The maximum absolute atomic E-state index is 12.6. The number of nitrogens with one attached hydrogen (secondary N) is 2. The Labute approximate surface area is 212 Å². The monoisotopic (exact) mass is 498 g/mol. The van der Waals surface area contributed by atoms with Crippen LogP contribution in [0.25, 0.3) is 0 Å². The minimum absolute atomic E-state index is 0.0825. The zero-order valence-electron chi connectivity index (χ0n) is 20.7. The summed E-state index contributed by atoms with van der Waals surface area (Å²) in [5, 5.41) is 15.4. The smallest absolute Gasteiger partial charge is 0.305 e. The van der Waals surface area contributed by atoms with Crippen molar-refractivity contribution in [2.75, 3.05) is 25.1 Å². The second kappa shape index (κ2) is 12.5. The Hall–Kier alpha value is -2.38. The molecule has 1 aromatic carbocycles. The van der Waals surface area contributed by atoms with Gasteiger partial charge in [-0.05, 0) is 73.8 Å². The Bertz CT molecular complexity index is 993. The van der Waals surface area contributed by atoms with Gasteiger partial charge in [0.25, 0.3) is 5.91 Å². The second-order valence-corrected chi connectivity index (χ2v) is 10.9. The van der Waals surface area contributed by atoms with E-state index in [9.17, 15) is 9.59 Å². The maximum Gasteiger partial charge on any atom is 0.305 e. The number of thiophene rings is 1. The molecule has 2 aliphatic rings. The van der Waals surface area contributed by atoms with Crippen LogP contribution >= 0.6 is 11.3 Å². The van der Waals surface area contributed by atoms with E-state index in [4.69, 9.17) is 9.84 Å². The summed E-state index contributed by atoms with van der Waals surface area (Å²) in [6, 6.07) is 10.3. The number of hydrogen-bond acceptors (Lipinski definition) is 5. The molecule has 190 valence electrons. The minimum atomic E-state index is -0.918. The van der Waals surface area contributed by atoms with Gasteiger partial charge in [-0.25, -0.2) is 0 Å². The lowest BCUT2D eigenvalue weighted by Gasteiger charge is -2.32. The molecule has 1 unspecified atom stereocenters. The molecule has 1 aliphatic carbocycles. The lowest BCUT2D eigenvalue weighted by atomic mass is 9.80. The summed E-state index contributed by atoms with van der Waals surface area (Å²) in [4.78, 5) is 26.3. The van der Waals surface area contributed by atoms with Crippen LogP contribution in [-0.2, 0) is 16.0 Å². The van der Waals surface area contributed by atoms with Crippen LogP contribution in [0.2, 0.25) is 0 Å². The van der Waals surface area contributed by atoms with Crippen molar-refractivity contribution in [2.24, 2.45) is 5.92 Å². The molecule has 7 heteroatoms. The van der Waals surface area contributed by atoms with Gasteiger partial charge in [0.15, 0.2) is 0 Å². The molecule has 2 heterocycles. The van der Waals surface area contributed by atoms with Gasteiger partial charge in [0.05, 0.1) is 12.5 Å². The van der Waals surface area contributed by atoms with Crippen molar-refractivity contribution in [3.8, 4) is 0 Å². The molecule has 4 rings (SSSR count). The average Bonchev–Trinajstić information content (AvgIpc) is 3.32. The van der Waals surface area contributed by atoms with E-state index in [0.29, 0.717) is 17.4 Å². The summed E-state index contributed by atoms with van der Waals surface area (Å²) in [6.07, 6.45) is 9.44. The summed E-state index contributed by atoms with van der Waals surface area (Å²) in [5.74, 6) is 0.00576. The van der Waals surface area contributed by atoms with Gasteiger partial charge in [0.2, 0.25) is 0 Å². The molecule has 1 aromatic heterocycles. The van der Waals surface area contributed by atoms with Crippen molar-refractivity contribution in [2.45, 2.75) is 76.7 Å². The molecule has 0 spiro atoms. The third kappa shape index (κ3) is 6.85. The van der Waals surface area contributed by atoms with Crippen LogP contribution in [0.3, 0.4) is 0 Å². The van der Waals surface area contributed by atoms with Crippen molar-refractivity contribution in [1.82, 2.24) is 5.32 Å². The third-order valence-electron chi connectivity index (χ3n) is 7.33. The molecular weight excluding hydrogens is 460 g/mol. The van der Waals surface area contributed by atoms with Gasteiger partial charge < -0.3 is 20.5 Å². The van der Waals surface area contributed by atoms with Crippen LogP contribution in [0.15, 0.2) is 30.3 Å². The number of carbonyl (C=O) groups excluding carboxylic acids is 1. The molecule has 1 amide bonds. The highest BCUT2D eigenvalue weighted by Crippen LogP contribution is 2.43. The number of aryl methyl sites for hydroxylation is 1. The molecule has 2 aromatic rings. The highest BCUT2D eigenvalue weighted by Gasteiger charge is 2.29. The van der Waals surface area contributed by atoms with Gasteiger partial charge in [-0.15, -0.1) is 11.3 Å². The Balaban J connectivity index is 1.57. The highest BCUT2D eigenvalue weighted by molar-refractivity contribution is 7.12. The number of carbonyl (C=O) groups is 2. The topological polar surface area (TPSA) is 87.7 Å². The maximum atomic E-state index is 12.6. The molecule has 1 saturated carbocycles. The van der Waals surface area contributed by atoms with E-state index in [2.05, 4.69) is 23.6 Å². The van der Waals surface area contributed by atoms with E-state index in [0.717, 1.165) is 38.2 Å². The number of aliphatic carboxylic acids is 1. The third-order valence-corrected chi connectivity index (χ3v) is 8.79. The molecule has 2 fully saturated rings. The second-order valence-electron chi connectivity index (χ2n) is 9.77. The van der Waals surface area contributed by atoms with E-state index in [1.165, 1.54) is 47.4 Å². The summed E-state index contributed by atoms with van der Waals surface area (Å²) in [6.45, 7) is 4.08. The van der Waals surface area contributed by atoms with Gasteiger partial charge in [-0.2, -0.15) is 0 Å². The standard InChI is InChI=1S/C28H38N2O4S/c1-2-24-23(18-25(35-24)19-12-15-34-16-13-19)27(20-7-4-3-5-8-20)30-22-10-6-9-21(17-22)28(33)29-14-11-26(31)32/h6,9-10,17-20,27,30H,2-5,7-8,11-16H2,1H3,(H,29,33)(H,31,32). The summed E-state index contributed by atoms with van der Waals surface area (Å²) >= 11 is 1.98. The zero-order valence-corrected chi connectivity index (χ0v) is 21.5. The molecule has 6 nitrogen and oxygen atoms in total. The van der Waals surface area contributed by atoms with E-state index >= 15 is 0 Å². The Morgan fingerprint density at radius 1 is 1.11 bits per heavy atom. The average molecular weight is 499 g/mol. The van der Waals surface area contributed by atoms with Crippen LogP contribution in [0, 0.1) is 5.92 Å². The van der Waals surface area contributed by atoms with Crippen molar-refractivity contribution >= 4 is 28.9 Å². The largest absolute Gasteiger partial charge is 0.481 e. The van der Waals surface area contributed by atoms with E-state index < -0.39 is 5.97 Å². The number of hydrogen-bond donors (Lipinski definition) is 3. The summed E-state index contributed by atoms with van der Waals surface area (Å²) in [7, 11) is 0. The molecule has 0 bridgehead atoms. The molecule has 3 N–H and O–H groups in total. The molecule has 1 aliphatic heterocycles. The first-order valence-corrected chi connectivity index (χ1v) is 13.9. The van der Waals surface area contributed by atoms with Gasteiger partial charge in [0, 0.05) is 40.8 Å². The SMILES string of the molecule is CCc1sc(C2CCOCC2)cc1C(Nc1cccc(C(=O)NCCC(=O)O)c1)C1CCCCC1. The van der Waals surface area contributed by atoms with Crippen LogP contribution in [0.4, 0.5) is 5.69 Å². The number of ether oxygens (including phenoxy) is 1. The Morgan fingerprint density at radius 2 is 1.89 bits per heavy atom. The fourth-order valence-corrected chi connectivity index (χ4v) is 6.74. The minimum Gasteiger partial charge on any atom is -0.481 e. The van der Waals surface area contributed by atoms with Crippen LogP contribution in [0.5, 0.6) is 0 Å². The summed E-state index contributed by atoms with van der Waals surface area (Å²) < 4.78 is 5.60. The molecule has 0 radical (unpaired) electrons. The number of anilines is 1. The first-order chi connectivity index (χ1) is 17.0. The van der Waals surface area contributed by atoms with Crippen LogP contribution in [-0.4, -0.2) is 36.7 Å². The van der Waals surface area contributed by atoms with Crippen LogP contribution < -0.4 is 10.6 Å². The number of rotatable bonds is 10. The van der Waals surface area contributed by atoms with Crippen molar-refractivity contribution in [3.05, 3.63) is 51.2 Å². The first-order valence-electron chi connectivity index (χ1n) is 13.1. The molecule has 1 atom stereocenters. The molecular formula is C28H38N2O4S. The van der Waals surface area contributed by atoms with Gasteiger partial charge in [-0.3, -0.25) is 9.59 Å². The lowest BCUT2D eigenvalue weighted by molar-refractivity contribution is -0.136. The fraction of sp³-hybridized carbons (Fsp3) is 0.571. The van der Waals surface area contributed by atoms with Gasteiger partial charge >= 0.3 is 5.97 Å². The summed E-state index contributed by atoms with van der Waals surface area (Å²) in [5.41, 5.74) is 2.92. The van der Waals surface area contributed by atoms with Gasteiger partial charge in [0.1, 0.15) is 0 Å². The van der Waals surface area contributed by atoms with Crippen LogP contribution in [0.1, 0.15) is 95.9 Å². The molecule has 35 heavy (non-hydrogen) atoms. The highest BCUT2D eigenvalue weighted by atomic mass is 32.1. The normalized spacial score (nSPS) is 18.2. The molecule has 1 saturated heterocycles. The number of carboxylic acid groups (broad SMARTS) is 1. The Kier molecular flexibility index (Phi) is 9.21. The van der Waals surface area contributed by atoms with Crippen molar-refractivity contribution < 1.29 is 19.4 Å².